The highest BCUT2D eigenvalue weighted by Crippen LogP contribution is 2.76. The molecule has 19 nitrogen and oxygen atoms in total. The van der Waals surface area contributed by atoms with Crippen LogP contribution in [0.25, 0.3) is 0 Å². The lowest BCUT2D eigenvalue weighted by Gasteiger charge is -2.71. The van der Waals surface area contributed by atoms with Crippen LogP contribution in [0.2, 0.25) is 0 Å². The Bertz CT molecular complexity index is 1880. The standard InChI is InChI=1S/C48H76O19/c1-21-29(51)31(53)34(56)39(63-21)66-37-24(19-49)64-38(36(58)33(37)55)62-20-25-30(52)32(54)35(57)40(65-25)67-42(61)48-16-14-43(2,3)18-23(48)22-8-9-26-44(4)12-11-28(50)47(7,41(59)60)27(44)10-13-46(26,6)45(22,5)15-17-48/h8,21,23-40,49-58H,9-20H2,1-7H3,(H,59,60)/t21-,23-,24+,25+,26+,27+,28+,29-,30+,31+,32-,33+,34+,35+,36+,37+,38+,39-,40-,44+,45+,46+,47-,48-/m0/s1. The molecule has 7 fully saturated rings. The molecule has 3 saturated heterocycles. The fourth-order valence-electron chi connectivity index (χ4n) is 14.8. The molecule has 3 heterocycles. The molecule has 0 amide bonds. The van der Waals surface area contributed by atoms with Crippen molar-refractivity contribution in [2.75, 3.05) is 13.2 Å². The lowest BCUT2D eigenvalue weighted by Crippen LogP contribution is -2.66. The van der Waals surface area contributed by atoms with Crippen LogP contribution in [0.4, 0.5) is 0 Å². The zero-order chi connectivity index (χ0) is 49.1. The first-order valence-corrected chi connectivity index (χ1v) is 24.3. The molecule has 5 aliphatic carbocycles. The number of aliphatic hydroxyl groups excluding tert-OH is 10. The van der Waals surface area contributed by atoms with Gasteiger partial charge in [0.2, 0.25) is 6.29 Å². The minimum absolute atomic E-state index is 0.128. The Balaban J connectivity index is 0.981. The molecule has 19 heteroatoms. The van der Waals surface area contributed by atoms with Crippen LogP contribution in [0, 0.1) is 50.2 Å². The predicted octanol–water partition coefficient (Wildman–Crippen LogP) is 0.233. The first kappa shape index (κ1) is 51.4. The van der Waals surface area contributed by atoms with E-state index in [1.807, 2.05) is 0 Å². The summed E-state index contributed by atoms with van der Waals surface area (Å²) in [5.41, 5.74) is -2.13. The molecule has 0 radical (unpaired) electrons. The Kier molecular flexibility index (Phi) is 13.8. The number of aliphatic hydroxyl groups is 10. The molecule has 24 atom stereocenters. The molecule has 0 unspecified atom stereocenters. The van der Waals surface area contributed by atoms with Gasteiger partial charge in [-0.1, -0.05) is 46.3 Å². The van der Waals surface area contributed by atoms with Crippen LogP contribution < -0.4 is 0 Å². The predicted molar refractivity (Wildman–Crippen MR) is 231 cm³/mol. The number of esters is 1. The molecule has 0 spiro atoms. The van der Waals surface area contributed by atoms with Crippen molar-refractivity contribution in [3.8, 4) is 0 Å². The lowest BCUT2D eigenvalue weighted by atomic mass is 9.33. The average molecular weight is 957 g/mol. The smallest absolute Gasteiger partial charge is 0.315 e. The van der Waals surface area contributed by atoms with Crippen LogP contribution in [0.15, 0.2) is 11.6 Å². The number of carboxylic acids is 1. The van der Waals surface area contributed by atoms with Crippen molar-refractivity contribution in [1.29, 1.82) is 0 Å². The third-order valence-electron chi connectivity index (χ3n) is 19.4. The first-order chi connectivity index (χ1) is 31.2. The molecule has 0 aromatic rings. The van der Waals surface area contributed by atoms with Gasteiger partial charge in [-0.05, 0) is 117 Å². The third kappa shape index (κ3) is 7.97. The molecule has 382 valence electrons. The van der Waals surface area contributed by atoms with E-state index >= 15 is 0 Å². The molecular weight excluding hydrogens is 881 g/mol. The van der Waals surface area contributed by atoms with E-state index in [0.717, 1.165) is 19.3 Å². The maximum absolute atomic E-state index is 15.0. The normalized spacial score (nSPS) is 54.0. The average Bonchev–Trinajstić information content (AvgIpc) is 3.27. The van der Waals surface area contributed by atoms with Crippen molar-refractivity contribution in [2.24, 2.45) is 50.2 Å². The van der Waals surface area contributed by atoms with Crippen LogP contribution in [0.1, 0.15) is 113 Å². The topological polar surface area (TPSA) is 312 Å². The largest absolute Gasteiger partial charge is 0.481 e. The molecule has 3 aliphatic heterocycles. The zero-order valence-corrected chi connectivity index (χ0v) is 39.7. The van der Waals surface area contributed by atoms with E-state index in [4.69, 9.17) is 28.4 Å². The molecule has 0 aromatic heterocycles. The summed E-state index contributed by atoms with van der Waals surface area (Å²) < 4.78 is 34.7. The summed E-state index contributed by atoms with van der Waals surface area (Å²) in [5.74, 6) is -1.87. The van der Waals surface area contributed by atoms with Gasteiger partial charge in [0.15, 0.2) is 12.6 Å². The van der Waals surface area contributed by atoms with Gasteiger partial charge in [-0.2, -0.15) is 0 Å². The van der Waals surface area contributed by atoms with Crippen molar-refractivity contribution in [3.63, 3.8) is 0 Å². The molecule has 8 aliphatic rings. The summed E-state index contributed by atoms with van der Waals surface area (Å²) >= 11 is 0. The number of hydrogen-bond donors (Lipinski definition) is 11. The van der Waals surface area contributed by atoms with Crippen molar-refractivity contribution in [2.45, 2.75) is 211 Å². The summed E-state index contributed by atoms with van der Waals surface area (Å²) in [6.45, 7) is 13.0. The SMILES string of the molecule is C[C@@H]1O[C@@H](O[C@H]2[C@H](O)[C@@H](O)[C@H](OC[C@H]3O[C@@H](OC(=O)[C@]45CCC(C)(C)C[C@H]4C4=CC[C@@H]6[C@@]7(C)CC[C@@H](O)[C@@](C)(C(=O)O)[C@@H]7CC[C@@]6(C)[C@]4(C)CC5)[C@H](O)[C@@H](O)[C@@H]3O)O[C@@H]2CO)[C@H](O)[C@H](O)[C@H]1O. The second-order valence-corrected chi connectivity index (χ2v) is 23.3. The van der Waals surface area contributed by atoms with E-state index in [9.17, 15) is 65.8 Å². The molecule has 0 aromatic carbocycles. The molecule has 8 rings (SSSR count). The number of rotatable bonds is 9. The van der Waals surface area contributed by atoms with Gasteiger partial charge in [0, 0.05) is 0 Å². The Morgan fingerprint density at radius 2 is 1.31 bits per heavy atom. The van der Waals surface area contributed by atoms with E-state index in [1.54, 1.807) is 6.92 Å². The van der Waals surface area contributed by atoms with Gasteiger partial charge >= 0.3 is 11.9 Å². The molecule has 0 bridgehead atoms. The molecular formula is C48H76O19. The summed E-state index contributed by atoms with van der Waals surface area (Å²) in [6.07, 6.45) is -16.7. The lowest BCUT2D eigenvalue weighted by molar-refractivity contribution is -0.361. The fourth-order valence-corrected chi connectivity index (χ4v) is 14.8. The number of ether oxygens (including phenoxy) is 6. The zero-order valence-electron chi connectivity index (χ0n) is 39.7. The van der Waals surface area contributed by atoms with Crippen LogP contribution in [-0.4, -0.2) is 180 Å². The van der Waals surface area contributed by atoms with Crippen molar-refractivity contribution in [3.05, 3.63) is 11.6 Å². The van der Waals surface area contributed by atoms with Crippen LogP contribution in [0.5, 0.6) is 0 Å². The maximum atomic E-state index is 15.0. The van der Waals surface area contributed by atoms with Crippen LogP contribution in [-0.2, 0) is 38.0 Å². The summed E-state index contributed by atoms with van der Waals surface area (Å²) in [6, 6.07) is 0. The second kappa shape index (κ2) is 18.0. The summed E-state index contributed by atoms with van der Waals surface area (Å²) in [4.78, 5) is 27.8. The van der Waals surface area contributed by atoms with E-state index in [0.29, 0.717) is 44.9 Å². The summed E-state index contributed by atoms with van der Waals surface area (Å²) in [5, 5.41) is 118. The monoisotopic (exact) mass is 956 g/mol. The van der Waals surface area contributed by atoms with E-state index in [1.165, 1.54) is 12.5 Å². The maximum Gasteiger partial charge on any atom is 0.315 e. The van der Waals surface area contributed by atoms with Gasteiger partial charge in [-0.25, -0.2) is 0 Å². The van der Waals surface area contributed by atoms with Gasteiger partial charge < -0.3 is 84.6 Å². The Hall–Kier alpha value is -1.92. The molecule has 67 heavy (non-hydrogen) atoms. The van der Waals surface area contributed by atoms with Gasteiger partial charge in [-0.3, -0.25) is 9.59 Å². The second-order valence-electron chi connectivity index (χ2n) is 23.3. The van der Waals surface area contributed by atoms with Gasteiger partial charge in [0.1, 0.15) is 67.1 Å². The highest BCUT2D eigenvalue weighted by atomic mass is 16.8. The number of aliphatic carboxylic acids is 1. The van der Waals surface area contributed by atoms with E-state index in [2.05, 4.69) is 40.7 Å². The highest BCUT2D eigenvalue weighted by Gasteiger charge is 2.71. The third-order valence-corrected chi connectivity index (χ3v) is 19.4. The fraction of sp³-hybridized carbons (Fsp3) is 0.917. The number of allylic oxidation sites excluding steroid dienone is 2. The first-order valence-electron chi connectivity index (χ1n) is 24.3. The quantitative estimate of drug-likeness (QED) is 0.109. The number of carboxylic acid groups (broad SMARTS) is 1. The van der Waals surface area contributed by atoms with Crippen molar-refractivity contribution < 1.29 is 94.2 Å². The molecule has 11 N–H and O–H groups in total. The Morgan fingerprint density at radius 3 is 1.99 bits per heavy atom. The van der Waals surface area contributed by atoms with Gasteiger partial charge in [0.25, 0.3) is 0 Å². The van der Waals surface area contributed by atoms with E-state index in [-0.39, 0.29) is 39.4 Å². The number of carbonyl (C=O) groups excluding carboxylic acids is 1. The number of carbonyl (C=O) groups is 2. The number of hydrogen-bond acceptors (Lipinski definition) is 18. The van der Waals surface area contributed by atoms with Crippen molar-refractivity contribution in [1.82, 2.24) is 0 Å². The minimum atomic E-state index is -1.87. The Morgan fingerprint density at radius 1 is 0.687 bits per heavy atom. The summed E-state index contributed by atoms with van der Waals surface area (Å²) in [7, 11) is 0. The van der Waals surface area contributed by atoms with Crippen LogP contribution in [0.3, 0.4) is 0 Å². The highest BCUT2D eigenvalue weighted by molar-refractivity contribution is 5.79. The molecule has 4 saturated carbocycles. The van der Waals surface area contributed by atoms with E-state index < -0.39 is 134 Å². The van der Waals surface area contributed by atoms with Crippen molar-refractivity contribution >= 4 is 11.9 Å². The van der Waals surface area contributed by atoms with Gasteiger partial charge in [-0.15, -0.1) is 0 Å². The van der Waals surface area contributed by atoms with Crippen LogP contribution >= 0.6 is 0 Å². The Labute approximate surface area is 391 Å². The van der Waals surface area contributed by atoms with Gasteiger partial charge in [0.05, 0.1) is 36.3 Å². The minimum Gasteiger partial charge on any atom is -0.481 e. The number of fused-ring (bicyclic) bond motifs is 7.